The largest absolute Gasteiger partial charge is 0.493 e. The number of nitrogens with one attached hydrogen (secondary N) is 1. The average Bonchev–Trinajstić information content (AvgIpc) is 3.58. The number of sulfonamides is 1. The quantitative estimate of drug-likeness (QED) is 0.320. The van der Waals surface area contributed by atoms with Crippen molar-refractivity contribution >= 4 is 32.7 Å². The summed E-state index contributed by atoms with van der Waals surface area (Å²) in [5, 5.41) is 7.96. The highest BCUT2D eigenvalue weighted by atomic mass is 32.2. The molecule has 0 aliphatic carbocycles. The van der Waals surface area contributed by atoms with Gasteiger partial charge in [0.25, 0.3) is 0 Å². The molecule has 3 aromatic heterocycles. The van der Waals surface area contributed by atoms with Crippen LogP contribution in [0.4, 0.5) is 0 Å². The number of primary amides is 1. The van der Waals surface area contributed by atoms with Crippen LogP contribution in [0, 0.1) is 5.92 Å². The molecule has 4 aromatic rings. The maximum atomic E-state index is 13.6. The monoisotopic (exact) mass is 542 g/mol. The van der Waals surface area contributed by atoms with E-state index in [4.69, 9.17) is 15.5 Å². The van der Waals surface area contributed by atoms with Gasteiger partial charge >= 0.3 is 5.69 Å². The van der Waals surface area contributed by atoms with Gasteiger partial charge in [0, 0.05) is 19.6 Å². The predicted molar refractivity (Wildman–Crippen MR) is 139 cm³/mol. The molecule has 1 aromatic carbocycles. The lowest BCUT2D eigenvalue weighted by molar-refractivity contribution is -0.122. The van der Waals surface area contributed by atoms with Crippen LogP contribution in [0.15, 0.2) is 34.2 Å². The number of piperidine rings is 1. The Balaban J connectivity index is 1.66. The molecule has 1 saturated heterocycles. The Hall–Kier alpha value is -3.78. The number of carbonyl (C=O) groups is 1. The lowest BCUT2D eigenvalue weighted by Crippen LogP contribution is -2.44. The van der Waals surface area contributed by atoms with Crippen LogP contribution >= 0.6 is 0 Å². The van der Waals surface area contributed by atoms with Crippen molar-refractivity contribution in [3.63, 3.8) is 0 Å². The van der Waals surface area contributed by atoms with Crippen LogP contribution in [-0.4, -0.2) is 67.5 Å². The Kier molecular flexibility index (Phi) is 6.92. The number of aromatic amines is 1. The van der Waals surface area contributed by atoms with E-state index in [1.807, 2.05) is 13.8 Å². The van der Waals surface area contributed by atoms with Crippen LogP contribution in [0.5, 0.6) is 5.75 Å². The van der Waals surface area contributed by atoms with E-state index in [2.05, 4.69) is 15.2 Å². The van der Waals surface area contributed by atoms with Crippen molar-refractivity contribution in [2.24, 2.45) is 11.7 Å². The van der Waals surface area contributed by atoms with E-state index in [1.54, 1.807) is 6.07 Å². The van der Waals surface area contributed by atoms with Crippen LogP contribution < -0.4 is 16.2 Å². The summed E-state index contributed by atoms with van der Waals surface area (Å²) in [5.41, 5.74) is 6.79. The fourth-order valence-electron chi connectivity index (χ4n) is 4.77. The van der Waals surface area contributed by atoms with Crippen molar-refractivity contribution in [3.8, 4) is 17.1 Å². The van der Waals surface area contributed by atoms with E-state index in [-0.39, 0.29) is 17.1 Å². The van der Waals surface area contributed by atoms with E-state index in [0.717, 1.165) is 6.42 Å². The number of amides is 1. The average molecular weight is 543 g/mol. The molecule has 0 saturated carbocycles. The van der Waals surface area contributed by atoms with Gasteiger partial charge in [0.05, 0.1) is 23.0 Å². The summed E-state index contributed by atoms with van der Waals surface area (Å²) in [6, 6.07) is 4.60. The molecule has 5 rings (SSSR count). The number of H-pyrrole nitrogens is 1. The molecular formula is C24H30N8O5S. The number of ether oxygens (including phenoxy) is 1. The first kappa shape index (κ1) is 25.9. The number of aromatic nitrogens is 6. The van der Waals surface area contributed by atoms with E-state index in [0.29, 0.717) is 72.9 Å². The molecule has 0 bridgehead atoms. The van der Waals surface area contributed by atoms with Crippen molar-refractivity contribution in [2.75, 3.05) is 19.7 Å². The molecule has 1 fully saturated rings. The van der Waals surface area contributed by atoms with E-state index >= 15 is 0 Å². The van der Waals surface area contributed by atoms with Gasteiger partial charge < -0.3 is 15.5 Å². The lowest BCUT2D eigenvalue weighted by atomic mass is 9.99. The molecule has 1 atom stereocenters. The summed E-state index contributed by atoms with van der Waals surface area (Å²) in [7, 11) is -3.93. The molecule has 202 valence electrons. The van der Waals surface area contributed by atoms with Gasteiger partial charge in [-0.05, 0) is 43.9 Å². The van der Waals surface area contributed by atoms with E-state index in [9.17, 15) is 18.0 Å². The molecule has 0 spiro atoms. The predicted octanol–water partition coefficient (Wildman–Crippen LogP) is 1.52. The minimum atomic E-state index is -3.93. The Morgan fingerprint density at radius 2 is 2.05 bits per heavy atom. The fraction of sp³-hybridized carbons (Fsp3) is 0.458. The summed E-state index contributed by atoms with van der Waals surface area (Å²) in [6.07, 6.45) is 3.91. The van der Waals surface area contributed by atoms with Gasteiger partial charge in [0.2, 0.25) is 15.9 Å². The van der Waals surface area contributed by atoms with Gasteiger partial charge in [0.15, 0.2) is 11.3 Å². The maximum Gasteiger partial charge on any atom is 0.336 e. The standard InChI is InChI=1S/C24H30N8O5S/c1-3-9-31-22-19(23-29-26-14-32(23)24(31)34)27-21(28-22)17-12-16(7-8-18(17)37-11-4-2)38(35,36)30-10-5-6-15(13-30)20(25)33/h7-8,12,14-15H,3-6,9-11,13H2,1-2H3,(H2,25,33)(H,27,28). The third-order valence-corrected chi connectivity index (χ3v) is 8.55. The highest BCUT2D eigenvalue weighted by Crippen LogP contribution is 2.34. The van der Waals surface area contributed by atoms with Gasteiger partial charge in [-0.15, -0.1) is 10.2 Å². The molecular weight excluding hydrogens is 512 g/mol. The number of fused-ring (bicyclic) bond motifs is 3. The third-order valence-electron chi connectivity index (χ3n) is 6.69. The van der Waals surface area contributed by atoms with E-state index < -0.39 is 21.8 Å². The number of imidazole rings is 1. The second kappa shape index (κ2) is 10.2. The SMILES string of the molecule is CCCOc1ccc(S(=O)(=O)N2CCCC(C(N)=O)C2)cc1-c1nc2c([nH]1)c1nncn1c(=O)n2CCC. The van der Waals surface area contributed by atoms with Crippen molar-refractivity contribution in [3.05, 3.63) is 35.0 Å². The molecule has 13 nitrogen and oxygen atoms in total. The molecule has 1 aliphatic heterocycles. The fourth-order valence-corrected chi connectivity index (χ4v) is 6.32. The van der Waals surface area contributed by atoms with Crippen LogP contribution in [0.25, 0.3) is 28.2 Å². The maximum absolute atomic E-state index is 13.6. The van der Waals surface area contributed by atoms with Crippen LogP contribution in [0.1, 0.15) is 39.5 Å². The van der Waals surface area contributed by atoms with Gasteiger partial charge in [-0.1, -0.05) is 13.8 Å². The zero-order valence-corrected chi connectivity index (χ0v) is 22.1. The summed E-state index contributed by atoms with van der Waals surface area (Å²) in [4.78, 5) is 32.7. The zero-order valence-electron chi connectivity index (χ0n) is 21.3. The van der Waals surface area contributed by atoms with Crippen molar-refractivity contribution in [1.29, 1.82) is 0 Å². The first-order chi connectivity index (χ1) is 18.3. The van der Waals surface area contributed by atoms with Crippen molar-refractivity contribution in [1.82, 2.24) is 33.4 Å². The Bertz CT molecular complexity index is 1670. The smallest absolute Gasteiger partial charge is 0.336 e. The molecule has 38 heavy (non-hydrogen) atoms. The van der Waals surface area contributed by atoms with Crippen molar-refractivity contribution < 1.29 is 17.9 Å². The van der Waals surface area contributed by atoms with Gasteiger partial charge in [0.1, 0.15) is 23.4 Å². The number of nitrogens with two attached hydrogens (primary N) is 1. The number of aryl methyl sites for hydroxylation is 1. The number of benzene rings is 1. The van der Waals surface area contributed by atoms with Gasteiger partial charge in [-0.3, -0.25) is 9.36 Å². The third kappa shape index (κ3) is 4.43. The molecule has 3 N–H and O–H groups in total. The van der Waals surface area contributed by atoms with Crippen LogP contribution in [0.3, 0.4) is 0 Å². The Labute approximate surface area is 218 Å². The summed E-state index contributed by atoms with van der Waals surface area (Å²) >= 11 is 0. The second-order valence-corrected chi connectivity index (χ2v) is 11.3. The first-order valence-electron chi connectivity index (χ1n) is 12.6. The Morgan fingerprint density at radius 1 is 1.24 bits per heavy atom. The van der Waals surface area contributed by atoms with Gasteiger partial charge in [-0.2, -0.15) is 4.31 Å². The highest BCUT2D eigenvalue weighted by molar-refractivity contribution is 7.89. The van der Waals surface area contributed by atoms with Crippen molar-refractivity contribution in [2.45, 2.75) is 51.0 Å². The number of hydrogen-bond acceptors (Lipinski definition) is 8. The molecule has 0 radical (unpaired) electrons. The Morgan fingerprint density at radius 3 is 2.79 bits per heavy atom. The minimum absolute atomic E-state index is 0.0416. The second-order valence-electron chi connectivity index (χ2n) is 9.35. The molecule has 1 unspecified atom stereocenters. The highest BCUT2D eigenvalue weighted by Gasteiger charge is 2.33. The van der Waals surface area contributed by atoms with E-state index in [1.165, 1.54) is 31.7 Å². The number of rotatable bonds is 9. The molecule has 4 heterocycles. The zero-order chi connectivity index (χ0) is 27.0. The summed E-state index contributed by atoms with van der Waals surface area (Å²) < 4.78 is 37.3. The normalized spacial score (nSPS) is 16.8. The molecule has 1 amide bonds. The lowest BCUT2D eigenvalue weighted by Gasteiger charge is -2.30. The number of carbonyl (C=O) groups excluding carboxylic acids is 1. The van der Waals surface area contributed by atoms with Crippen LogP contribution in [-0.2, 0) is 21.4 Å². The van der Waals surface area contributed by atoms with Gasteiger partial charge in [-0.25, -0.2) is 22.6 Å². The number of hydrogen-bond donors (Lipinski definition) is 2. The molecule has 14 heteroatoms. The summed E-state index contributed by atoms with van der Waals surface area (Å²) in [5.74, 6) is -0.256. The van der Waals surface area contributed by atoms with Crippen LogP contribution in [0.2, 0.25) is 0 Å². The minimum Gasteiger partial charge on any atom is -0.493 e. The summed E-state index contributed by atoms with van der Waals surface area (Å²) in [6.45, 7) is 5.11. The topological polar surface area (TPSA) is 171 Å². The number of nitrogens with zero attached hydrogens (tertiary/aromatic N) is 6. The molecule has 1 aliphatic rings. The first-order valence-corrected chi connectivity index (χ1v) is 14.1.